The second-order valence-corrected chi connectivity index (χ2v) is 10.4. The number of amides is 1. The number of likely N-dealkylation sites (N-methyl/N-ethyl adjacent to an activating group) is 1. The Kier molecular flexibility index (Phi) is 5.67. The lowest BCUT2D eigenvalue weighted by atomic mass is 10.1. The normalized spacial score (nSPS) is 19.1. The number of anilines is 3. The molecule has 0 radical (unpaired) electrons. The van der Waals surface area contributed by atoms with Gasteiger partial charge < -0.3 is 15.0 Å². The Morgan fingerprint density at radius 1 is 1.10 bits per heavy atom. The van der Waals surface area contributed by atoms with Crippen LogP contribution in [0.3, 0.4) is 0 Å². The summed E-state index contributed by atoms with van der Waals surface area (Å²) in [6.07, 6.45) is 7.85. The number of pyridine rings is 2. The minimum atomic E-state index is 0.0377. The fraction of sp³-hybridized carbons (Fsp3) is 0.241. The first-order chi connectivity index (χ1) is 19.4. The van der Waals surface area contributed by atoms with E-state index in [2.05, 4.69) is 30.3 Å². The average molecular weight is 534 g/mol. The van der Waals surface area contributed by atoms with Crippen molar-refractivity contribution in [2.75, 3.05) is 30.9 Å². The maximum Gasteiger partial charge on any atom is 0.255 e. The Morgan fingerprint density at radius 2 is 2.00 bits per heavy atom. The molecule has 1 aliphatic carbocycles. The molecule has 1 N–H and O–H groups in total. The van der Waals surface area contributed by atoms with Crippen LogP contribution in [-0.4, -0.2) is 67.0 Å². The van der Waals surface area contributed by atoms with Crippen molar-refractivity contribution in [2.24, 2.45) is 5.92 Å². The highest BCUT2D eigenvalue weighted by Gasteiger charge is 2.56. The molecule has 1 saturated carbocycles. The Balaban J connectivity index is 1.14. The van der Waals surface area contributed by atoms with E-state index in [1.54, 1.807) is 4.52 Å². The maximum absolute atomic E-state index is 13.3. The first-order valence-corrected chi connectivity index (χ1v) is 13.1. The molecule has 1 saturated heterocycles. The van der Waals surface area contributed by atoms with Gasteiger partial charge in [-0.15, -0.1) is 0 Å². The molecule has 1 aliphatic heterocycles. The zero-order chi connectivity index (χ0) is 27.4. The predicted molar refractivity (Wildman–Crippen MR) is 151 cm³/mol. The molecule has 5 aromatic rings. The first kappa shape index (κ1) is 24.2. The minimum Gasteiger partial charge on any atom is -0.457 e. The fourth-order valence-electron chi connectivity index (χ4n) is 5.16. The van der Waals surface area contributed by atoms with E-state index in [0.717, 1.165) is 35.5 Å². The lowest BCUT2D eigenvalue weighted by Crippen LogP contribution is -2.30. The lowest BCUT2D eigenvalue weighted by molar-refractivity contribution is -0.114. The molecule has 11 heteroatoms. The molecule has 40 heavy (non-hydrogen) atoms. The van der Waals surface area contributed by atoms with Crippen molar-refractivity contribution in [3.63, 3.8) is 0 Å². The van der Waals surface area contributed by atoms with Crippen molar-refractivity contribution in [3.8, 4) is 11.5 Å². The molecule has 7 rings (SSSR count). The molecule has 200 valence electrons. The van der Waals surface area contributed by atoms with E-state index >= 15 is 0 Å². The van der Waals surface area contributed by atoms with Crippen molar-refractivity contribution in [1.29, 1.82) is 0 Å². The average Bonchev–Trinajstić information content (AvgIpc) is 3.45. The van der Waals surface area contributed by atoms with E-state index in [-0.39, 0.29) is 17.9 Å². The number of benzene rings is 1. The van der Waals surface area contributed by atoms with Crippen LogP contribution in [0.2, 0.25) is 0 Å². The highest BCUT2D eigenvalue weighted by Crippen LogP contribution is 2.50. The summed E-state index contributed by atoms with van der Waals surface area (Å²) in [7, 11) is 4.00. The summed E-state index contributed by atoms with van der Waals surface area (Å²) in [4.78, 5) is 35.1. The third-order valence-corrected chi connectivity index (χ3v) is 7.26. The second kappa shape index (κ2) is 9.38. The number of ether oxygens (including phenoxy) is 1. The van der Waals surface area contributed by atoms with Gasteiger partial charge >= 0.3 is 0 Å². The molecule has 1 amide bonds. The van der Waals surface area contributed by atoms with Crippen LogP contribution < -0.4 is 15.0 Å². The molecule has 0 unspecified atom stereocenters. The van der Waals surface area contributed by atoms with Gasteiger partial charge in [0.1, 0.15) is 35.5 Å². The second-order valence-electron chi connectivity index (χ2n) is 10.4. The molecule has 1 aromatic carbocycles. The van der Waals surface area contributed by atoms with E-state index in [4.69, 9.17) is 9.72 Å². The molecule has 4 aromatic heterocycles. The number of nitrogens with zero attached hydrogens (tertiary/aromatic N) is 8. The smallest absolute Gasteiger partial charge is 0.255 e. The SMILES string of the molecule is Cc1cc(Nc2ncnc3ccc(N4C(=O)/C(=C/CN(C)C)[C@H]5C[C@H]54)nc23)ccc1Oc1ccn2ncnc2c1. The Morgan fingerprint density at radius 3 is 2.85 bits per heavy atom. The summed E-state index contributed by atoms with van der Waals surface area (Å²) in [6, 6.07) is 13.4. The van der Waals surface area contributed by atoms with Gasteiger partial charge in [-0.2, -0.15) is 5.10 Å². The maximum atomic E-state index is 13.3. The standard InChI is InChI=1S/C29H27N9O2/c1-17-12-18(4-6-24(17)40-19-8-11-37-26(13-19)31-16-33-37)34-28-27-22(30-15-32-28)5-7-25(35-27)38-23-14-21(23)20(29(38)39)9-10-36(2)3/h4-9,11-13,15-16,21,23H,10,14H2,1-3H3,(H,30,32,34)/b20-9+/t21-,23-/m1/s1. The summed E-state index contributed by atoms with van der Waals surface area (Å²) in [5, 5.41) is 7.49. The number of aryl methyl sites for hydroxylation is 1. The van der Waals surface area contributed by atoms with E-state index in [1.165, 1.54) is 12.7 Å². The van der Waals surface area contributed by atoms with Crippen molar-refractivity contribution >= 4 is 39.9 Å². The van der Waals surface area contributed by atoms with Crippen molar-refractivity contribution in [1.82, 2.24) is 34.4 Å². The van der Waals surface area contributed by atoms with Gasteiger partial charge in [-0.05, 0) is 69.4 Å². The highest BCUT2D eigenvalue weighted by atomic mass is 16.5. The monoisotopic (exact) mass is 533 g/mol. The Bertz CT molecular complexity index is 1810. The molecule has 11 nitrogen and oxygen atoms in total. The van der Waals surface area contributed by atoms with Crippen LogP contribution in [0.15, 0.2) is 73.0 Å². The van der Waals surface area contributed by atoms with Gasteiger partial charge in [0.15, 0.2) is 11.5 Å². The topological polar surface area (TPSA) is 114 Å². The van der Waals surface area contributed by atoms with E-state index in [1.807, 2.05) is 80.7 Å². The zero-order valence-electron chi connectivity index (χ0n) is 22.3. The molecule has 2 aliphatic rings. The molecular weight excluding hydrogens is 506 g/mol. The molecular formula is C29H27N9O2. The largest absolute Gasteiger partial charge is 0.457 e. The Hall–Kier alpha value is -4.90. The number of hydrogen-bond acceptors (Lipinski definition) is 9. The van der Waals surface area contributed by atoms with E-state index < -0.39 is 0 Å². The molecule has 2 fully saturated rings. The fourth-order valence-corrected chi connectivity index (χ4v) is 5.16. The molecule has 0 spiro atoms. The van der Waals surface area contributed by atoms with Crippen molar-refractivity contribution in [2.45, 2.75) is 19.4 Å². The number of hydrogen-bond donors (Lipinski definition) is 1. The number of piperidine rings is 1. The summed E-state index contributed by atoms with van der Waals surface area (Å²) in [6.45, 7) is 2.72. The van der Waals surface area contributed by atoms with Gasteiger partial charge in [0.2, 0.25) is 0 Å². The van der Waals surface area contributed by atoms with Gasteiger partial charge in [-0.3, -0.25) is 9.69 Å². The van der Waals surface area contributed by atoms with Crippen LogP contribution in [0.5, 0.6) is 11.5 Å². The van der Waals surface area contributed by atoms with Crippen LogP contribution in [0.4, 0.5) is 17.3 Å². The number of carbonyl (C=O) groups excluding carboxylic acids is 1. The quantitative estimate of drug-likeness (QED) is 0.308. The van der Waals surface area contributed by atoms with Gasteiger partial charge in [0, 0.05) is 42.0 Å². The number of carbonyl (C=O) groups is 1. The van der Waals surface area contributed by atoms with Gasteiger partial charge in [-0.1, -0.05) is 6.08 Å². The van der Waals surface area contributed by atoms with Crippen LogP contribution in [0.25, 0.3) is 16.7 Å². The highest BCUT2D eigenvalue weighted by molar-refractivity contribution is 6.11. The van der Waals surface area contributed by atoms with Crippen LogP contribution in [-0.2, 0) is 4.79 Å². The molecule has 2 atom stereocenters. The van der Waals surface area contributed by atoms with Crippen LogP contribution >= 0.6 is 0 Å². The number of rotatable bonds is 7. The van der Waals surface area contributed by atoms with Crippen LogP contribution in [0, 0.1) is 12.8 Å². The van der Waals surface area contributed by atoms with Gasteiger partial charge in [0.05, 0.1) is 5.52 Å². The van der Waals surface area contributed by atoms with E-state index in [0.29, 0.717) is 34.1 Å². The summed E-state index contributed by atoms with van der Waals surface area (Å²) in [5.74, 6) is 2.93. The zero-order valence-corrected chi connectivity index (χ0v) is 22.3. The van der Waals surface area contributed by atoms with Gasteiger partial charge in [0.25, 0.3) is 5.91 Å². The third kappa shape index (κ3) is 4.30. The molecule has 5 heterocycles. The predicted octanol–water partition coefficient (Wildman–Crippen LogP) is 4.13. The minimum absolute atomic E-state index is 0.0377. The third-order valence-electron chi connectivity index (χ3n) is 7.26. The first-order valence-electron chi connectivity index (χ1n) is 13.1. The van der Waals surface area contributed by atoms with Crippen molar-refractivity contribution in [3.05, 3.63) is 78.5 Å². The number of fused-ring (bicyclic) bond motifs is 3. The van der Waals surface area contributed by atoms with Crippen LogP contribution in [0.1, 0.15) is 12.0 Å². The van der Waals surface area contributed by atoms with Crippen molar-refractivity contribution < 1.29 is 9.53 Å². The molecule has 0 bridgehead atoms. The summed E-state index contributed by atoms with van der Waals surface area (Å²) < 4.78 is 7.79. The van der Waals surface area contributed by atoms with Gasteiger partial charge in [-0.25, -0.2) is 24.5 Å². The Labute approximate surface area is 230 Å². The summed E-state index contributed by atoms with van der Waals surface area (Å²) >= 11 is 0. The summed E-state index contributed by atoms with van der Waals surface area (Å²) in [5.41, 5.74) is 4.68. The lowest BCUT2D eigenvalue weighted by Gasteiger charge is -2.18. The van der Waals surface area contributed by atoms with E-state index in [9.17, 15) is 4.79 Å². The number of nitrogens with one attached hydrogen (secondary N) is 1. The number of aromatic nitrogens is 6.